The zero-order chi connectivity index (χ0) is 11.4. The van der Waals surface area contributed by atoms with E-state index in [9.17, 15) is 0 Å². The minimum Gasteiger partial charge on any atom is -0.495 e. The van der Waals surface area contributed by atoms with Crippen LogP contribution in [0.5, 0.6) is 5.75 Å². The molecule has 82 valence electrons. The average molecular weight is 215 g/mol. The molecule has 2 aromatic rings. The fourth-order valence-corrected chi connectivity index (χ4v) is 1.50. The van der Waals surface area contributed by atoms with Crippen molar-refractivity contribution in [2.24, 2.45) is 5.73 Å². The summed E-state index contributed by atoms with van der Waals surface area (Å²) in [4.78, 5) is 8.36. The Morgan fingerprint density at radius 3 is 2.88 bits per heavy atom. The van der Waals surface area contributed by atoms with Crippen molar-refractivity contribution in [1.82, 2.24) is 9.97 Å². The molecular formula is C12H13N3O. The fourth-order valence-electron chi connectivity index (χ4n) is 1.50. The normalized spacial score (nSPS) is 10.1. The van der Waals surface area contributed by atoms with E-state index in [2.05, 4.69) is 9.97 Å². The van der Waals surface area contributed by atoms with Gasteiger partial charge in [-0.1, -0.05) is 0 Å². The number of aromatic nitrogens is 2. The van der Waals surface area contributed by atoms with Crippen molar-refractivity contribution in [2.75, 3.05) is 7.11 Å². The van der Waals surface area contributed by atoms with E-state index in [4.69, 9.17) is 10.5 Å². The van der Waals surface area contributed by atoms with Gasteiger partial charge in [0, 0.05) is 30.1 Å². The van der Waals surface area contributed by atoms with Gasteiger partial charge >= 0.3 is 0 Å². The maximum Gasteiger partial charge on any atom is 0.141 e. The second-order valence-corrected chi connectivity index (χ2v) is 3.33. The molecule has 0 aliphatic heterocycles. The summed E-state index contributed by atoms with van der Waals surface area (Å²) in [6, 6.07) is 5.77. The number of nitrogens with two attached hydrogens (primary N) is 1. The third kappa shape index (κ3) is 2.01. The fraction of sp³-hybridized carbons (Fsp3) is 0.167. The van der Waals surface area contributed by atoms with Crippen molar-refractivity contribution in [3.05, 3.63) is 42.4 Å². The highest BCUT2D eigenvalue weighted by Gasteiger charge is 2.05. The molecule has 0 fully saturated rings. The van der Waals surface area contributed by atoms with Gasteiger partial charge in [0.1, 0.15) is 5.75 Å². The lowest BCUT2D eigenvalue weighted by molar-refractivity contribution is 0.408. The van der Waals surface area contributed by atoms with E-state index in [1.165, 1.54) is 0 Å². The first-order valence-corrected chi connectivity index (χ1v) is 4.98. The molecule has 0 saturated heterocycles. The van der Waals surface area contributed by atoms with Gasteiger partial charge in [0.15, 0.2) is 0 Å². The first-order valence-electron chi connectivity index (χ1n) is 4.98. The molecule has 0 amide bonds. The lowest BCUT2D eigenvalue weighted by Crippen LogP contribution is -2.01. The van der Waals surface area contributed by atoms with Gasteiger partial charge in [0.25, 0.3) is 0 Å². The van der Waals surface area contributed by atoms with Crippen molar-refractivity contribution in [3.63, 3.8) is 0 Å². The summed E-state index contributed by atoms with van der Waals surface area (Å²) >= 11 is 0. The summed E-state index contributed by atoms with van der Waals surface area (Å²) in [6.07, 6.45) is 5.19. The summed E-state index contributed by atoms with van der Waals surface area (Å²) in [5, 5.41) is 0. The minimum absolute atomic E-state index is 0.430. The zero-order valence-corrected chi connectivity index (χ0v) is 9.05. The molecule has 0 saturated carbocycles. The number of rotatable bonds is 3. The predicted molar refractivity (Wildman–Crippen MR) is 61.9 cm³/mol. The highest BCUT2D eigenvalue weighted by molar-refractivity contribution is 5.59. The molecule has 0 aromatic carbocycles. The molecule has 4 nitrogen and oxygen atoms in total. The summed E-state index contributed by atoms with van der Waals surface area (Å²) in [5.41, 5.74) is 8.42. The van der Waals surface area contributed by atoms with E-state index < -0.39 is 0 Å². The third-order valence-electron chi connectivity index (χ3n) is 2.35. The second kappa shape index (κ2) is 4.72. The van der Waals surface area contributed by atoms with Gasteiger partial charge in [-0.3, -0.25) is 9.97 Å². The van der Waals surface area contributed by atoms with Gasteiger partial charge in [-0.05, 0) is 18.2 Å². The molecule has 0 atom stereocenters. The van der Waals surface area contributed by atoms with Crippen LogP contribution in [0, 0.1) is 0 Å². The highest BCUT2D eigenvalue weighted by Crippen LogP contribution is 2.22. The first-order chi connectivity index (χ1) is 7.85. The van der Waals surface area contributed by atoms with Crippen LogP contribution in [0.25, 0.3) is 11.3 Å². The van der Waals surface area contributed by atoms with E-state index in [0.29, 0.717) is 6.54 Å². The molecule has 2 aromatic heterocycles. The molecular weight excluding hydrogens is 202 g/mol. The maximum atomic E-state index is 5.65. The van der Waals surface area contributed by atoms with Crippen molar-refractivity contribution in [2.45, 2.75) is 6.54 Å². The molecule has 2 rings (SSSR count). The third-order valence-corrected chi connectivity index (χ3v) is 2.35. The largest absolute Gasteiger partial charge is 0.495 e. The lowest BCUT2D eigenvalue weighted by atomic mass is 10.1. The van der Waals surface area contributed by atoms with Crippen LogP contribution in [0.3, 0.4) is 0 Å². The van der Waals surface area contributed by atoms with Gasteiger partial charge in [-0.2, -0.15) is 0 Å². The average Bonchev–Trinajstić information content (AvgIpc) is 2.39. The van der Waals surface area contributed by atoms with Gasteiger partial charge in [-0.25, -0.2) is 0 Å². The van der Waals surface area contributed by atoms with Gasteiger partial charge in [-0.15, -0.1) is 0 Å². The highest BCUT2D eigenvalue weighted by atomic mass is 16.5. The molecule has 0 aliphatic rings. The Balaban J connectivity index is 2.44. The molecule has 16 heavy (non-hydrogen) atoms. The van der Waals surface area contributed by atoms with Gasteiger partial charge < -0.3 is 10.5 Å². The molecule has 2 N–H and O–H groups in total. The zero-order valence-electron chi connectivity index (χ0n) is 9.05. The second-order valence-electron chi connectivity index (χ2n) is 3.33. The number of pyridine rings is 2. The number of nitrogens with zero attached hydrogens (tertiary/aromatic N) is 2. The topological polar surface area (TPSA) is 61.0 Å². The van der Waals surface area contributed by atoms with E-state index in [1.807, 2.05) is 18.2 Å². The summed E-state index contributed by atoms with van der Waals surface area (Å²) in [5.74, 6) is 0.718. The van der Waals surface area contributed by atoms with Crippen LogP contribution in [-0.2, 0) is 6.54 Å². The van der Waals surface area contributed by atoms with Crippen LogP contribution in [0.4, 0.5) is 0 Å². The van der Waals surface area contributed by atoms with E-state index >= 15 is 0 Å². The van der Waals surface area contributed by atoms with Crippen molar-refractivity contribution >= 4 is 0 Å². The van der Waals surface area contributed by atoms with Crippen LogP contribution < -0.4 is 10.5 Å². The molecule has 0 bridgehead atoms. The summed E-state index contributed by atoms with van der Waals surface area (Å²) in [7, 11) is 1.61. The van der Waals surface area contributed by atoms with E-state index in [-0.39, 0.29) is 0 Å². The Morgan fingerprint density at radius 1 is 1.38 bits per heavy atom. The number of hydrogen-bond acceptors (Lipinski definition) is 4. The Bertz CT molecular complexity index is 471. The van der Waals surface area contributed by atoms with Crippen molar-refractivity contribution < 1.29 is 4.74 Å². The van der Waals surface area contributed by atoms with Gasteiger partial charge in [0.2, 0.25) is 0 Å². The molecule has 0 aliphatic carbocycles. The van der Waals surface area contributed by atoms with Crippen LogP contribution in [0.1, 0.15) is 5.56 Å². The molecule has 4 heteroatoms. The molecule has 0 spiro atoms. The standard InChI is InChI=1S/C12H13N3O/c1-16-12-8-15-11(5-10(12)6-13)9-3-2-4-14-7-9/h2-5,7-8H,6,13H2,1H3. The SMILES string of the molecule is COc1cnc(-c2cccnc2)cc1CN. The number of methoxy groups -OCH3 is 1. The number of ether oxygens (including phenoxy) is 1. The first kappa shape index (κ1) is 10.6. The Labute approximate surface area is 94.1 Å². The summed E-state index contributed by atoms with van der Waals surface area (Å²) in [6.45, 7) is 0.430. The van der Waals surface area contributed by atoms with Gasteiger partial charge in [0.05, 0.1) is 19.0 Å². The molecule has 0 radical (unpaired) electrons. The maximum absolute atomic E-state index is 5.65. The Kier molecular flexibility index (Phi) is 3.12. The molecule has 2 heterocycles. The summed E-state index contributed by atoms with van der Waals surface area (Å²) < 4.78 is 5.17. The van der Waals surface area contributed by atoms with Crippen molar-refractivity contribution in [1.29, 1.82) is 0 Å². The van der Waals surface area contributed by atoms with Crippen molar-refractivity contribution in [3.8, 4) is 17.0 Å². The predicted octanol–water partition coefficient (Wildman–Crippen LogP) is 1.61. The Hall–Kier alpha value is -1.94. The monoisotopic (exact) mass is 215 g/mol. The number of hydrogen-bond donors (Lipinski definition) is 1. The van der Waals surface area contributed by atoms with E-state index in [0.717, 1.165) is 22.6 Å². The van der Waals surface area contributed by atoms with E-state index in [1.54, 1.807) is 25.7 Å². The van der Waals surface area contributed by atoms with Crippen LogP contribution >= 0.6 is 0 Å². The van der Waals surface area contributed by atoms with Crippen LogP contribution in [-0.4, -0.2) is 17.1 Å². The minimum atomic E-state index is 0.430. The van der Waals surface area contributed by atoms with Crippen LogP contribution in [0.15, 0.2) is 36.8 Å². The Morgan fingerprint density at radius 2 is 2.25 bits per heavy atom. The lowest BCUT2D eigenvalue weighted by Gasteiger charge is -2.08. The molecule has 0 unspecified atom stereocenters. The van der Waals surface area contributed by atoms with Crippen LogP contribution in [0.2, 0.25) is 0 Å². The smallest absolute Gasteiger partial charge is 0.141 e. The quantitative estimate of drug-likeness (QED) is 0.845.